The summed E-state index contributed by atoms with van der Waals surface area (Å²) < 4.78 is 1.90. The van der Waals surface area contributed by atoms with E-state index in [9.17, 15) is 14.7 Å². The highest BCUT2D eigenvalue weighted by molar-refractivity contribution is 6.21. The molecule has 2 aromatic carbocycles. The van der Waals surface area contributed by atoms with E-state index >= 15 is 0 Å². The van der Waals surface area contributed by atoms with Crippen molar-refractivity contribution in [3.8, 4) is 0 Å². The second-order valence-corrected chi connectivity index (χ2v) is 6.18. The third-order valence-corrected chi connectivity index (χ3v) is 4.51. The van der Waals surface area contributed by atoms with Gasteiger partial charge in [-0.2, -0.15) is 0 Å². The summed E-state index contributed by atoms with van der Waals surface area (Å²) in [4.78, 5) is 30.4. The van der Waals surface area contributed by atoms with Crippen molar-refractivity contribution in [2.24, 2.45) is 0 Å². The maximum atomic E-state index is 12.4. The molecule has 126 valence electrons. The summed E-state index contributed by atoms with van der Waals surface area (Å²) in [7, 11) is 0. The van der Waals surface area contributed by atoms with Gasteiger partial charge < -0.3 is 9.67 Å². The number of aryl methyl sites for hydroxylation is 1. The molecule has 2 heterocycles. The summed E-state index contributed by atoms with van der Waals surface area (Å²) in [5.41, 5.74) is 2.56. The van der Waals surface area contributed by atoms with E-state index in [1.54, 1.807) is 24.3 Å². The molecule has 4 rings (SSSR count). The van der Waals surface area contributed by atoms with E-state index in [4.69, 9.17) is 0 Å². The van der Waals surface area contributed by atoms with Crippen LogP contribution in [0.5, 0.6) is 0 Å². The Kier molecular flexibility index (Phi) is 3.62. The molecule has 1 atom stereocenters. The largest absolute Gasteiger partial charge is 0.389 e. The number of aliphatic hydroxyl groups is 1. The molecule has 3 aromatic rings. The first-order valence-corrected chi connectivity index (χ1v) is 8.11. The highest BCUT2D eigenvalue weighted by Gasteiger charge is 2.36. The van der Waals surface area contributed by atoms with Crippen molar-refractivity contribution < 1.29 is 14.7 Å². The number of β-amino-alcohol motifs (C(OH)–C–C–N with tert-alkyl or cyclic N) is 1. The number of carbonyl (C=O) groups excluding carboxylic acids is 2. The van der Waals surface area contributed by atoms with E-state index in [1.807, 2.05) is 35.8 Å². The number of fused-ring (bicyclic) bond motifs is 2. The Balaban J connectivity index is 1.55. The van der Waals surface area contributed by atoms with Crippen molar-refractivity contribution in [3.05, 3.63) is 65.5 Å². The van der Waals surface area contributed by atoms with E-state index in [1.165, 1.54) is 0 Å². The lowest BCUT2D eigenvalue weighted by molar-refractivity contribution is 0.0522. The second kappa shape index (κ2) is 5.82. The van der Waals surface area contributed by atoms with Crippen molar-refractivity contribution >= 4 is 22.8 Å². The van der Waals surface area contributed by atoms with Crippen LogP contribution in [0, 0.1) is 6.92 Å². The molecule has 2 amide bonds. The van der Waals surface area contributed by atoms with Gasteiger partial charge >= 0.3 is 0 Å². The number of amides is 2. The van der Waals surface area contributed by atoms with Crippen LogP contribution in [0.4, 0.5) is 0 Å². The average Bonchev–Trinajstić information content (AvgIpc) is 3.05. The van der Waals surface area contributed by atoms with Crippen molar-refractivity contribution in [1.29, 1.82) is 0 Å². The first-order chi connectivity index (χ1) is 12.1. The fraction of sp³-hybridized carbons (Fsp3) is 0.211. The van der Waals surface area contributed by atoms with Gasteiger partial charge in [0.1, 0.15) is 5.82 Å². The lowest BCUT2D eigenvalue weighted by Crippen LogP contribution is -2.38. The summed E-state index contributed by atoms with van der Waals surface area (Å²) in [6.45, 7) is 2.09. The highest BCUT2D eigenvalue weighted by atomic mass is 16.3. The number of hydrogen-bond acceptors (Lipinski definition) is 4. The molecule has 0 aliphatic carbocycles. The van der Waals surface area contributed by atoms with Crippen LogP contribution < -0.4 is 0 Å². The molecule has 1 aliphatic rings. The number of imidazole rings is 1. The minimum Gasteiger partial charge on any atom is -0.389 e. The molecule has 25 heavy (non-hydrogen) atoms. The standard InChI is InChI=1S/C19H17N3O3/c1-12-20-16-8-4-5-9-17(16)21(12)10-13(23)11-22-18(24)14-6-2-3-7-15(14)19(22)25/h2-9,13,23H,10-11H2,1H3/t13-/m0/s1. The van der Waals surface area contributed by atoms with Crippen molar-refractivity contribution in [1.82, 2.24) is 14.5 Å². The van der Waals surface area contributed by atoms with E-state index < -0.39 is 6.10 Å². The first kappa shape index (κ1) is 15.5. The predicted octanol–water partition coefficient (Wildman–Crippen LogP) is 2.00. The molecular formula is C19H17N3O3. The van der Waals surface area contributed by atoms with Crippen LogP contribution in [0.3, 0.4) is 0 Å². The Morgan fingerprint density at radius 2 is 1.56 bits per heavy atom. The number of rotatable bonds is 4. The van der Waals surface area contributed by atoms with E-state index in [-0.39, 0.29) is 24.9 Å². The Morgan fingerprint density at radius 3 is 2.24 bits per heavy atom. The summed E-state index contributed by atoms with van der Waals surface area (Å²) in [6, 6.07) is 14.4. The first-order valence-electron chi connectivity index (χ1n) is 8.11. The van der Waals surface area contributed by atoms with Crippen molar-refractivity contribution in [3.63, 3.8) is 0 Å². The topological polar surface area (TPSA) is 75.4 Å². The molecule has 0 saturated carbocycles. The van der Waals surface area contributed by atoms with Crippen LogP contribution in [-0.2, 0) is 6.54 Å². The van der Waals surface area contributed by atoms with Crippen LogP contribution in [-0.4, -0.2) is 44.0 Å². The third-order valence-electron chi connectivity index (χ3n) is 4.51. The smallest absolute Gasteiger partial charge is 0.261 e. The van der Waals surface area contributed by atoms with Crippen LogP contribution >= 0.6 is 0 Å². The van der Waals surface area contributed by atoms with E-state index in [0.717, 1.165) is 21.8 Å². The molecule has 0 bridgehead atoms. The molecule has 1 N–H and O–H groups in total. The fourth-order valence-electron chi connectivity index (χ4n) is 3.31. The number of hydrogen-bond donors (Lipinski definition) is 1. The molecule has 6 nitrogen and oxygen atoms in total. The molecule has 0 radical (unpaired) electrons. The summed E-state index contributed by atoms with van der Waals surface area (Å²) in [6.07, 6.45) is -0.876. The molecule has 0 saturated heterocycles. The molecule has 0 unspecified atom stereocenters. The van der Waals surface area contributed by atoms with Gasteiger partial charge in [-0.05, 0) is 31.2 Å². The lowest BCUT2D eigenvalue weighted by atomic mass is 10.1. The minimum atomic E-state index is -0.876. The SMILES string of the molecule is Cc1nc2ccccc2n1C[C@H](O)CN1C(=O)c2ccccc2C1=O. The van der Waals surface area contributed by atoms with Gasteiger partial charge in [0, 0.05) is 0 Å². The Morgan fingerprint density at radius 1 is 0.960 bits per heavy atom. The van der Waals surface area contributed by atoms with Gasteiger partial charge in [0.15, 0.2) is 0 Å². The Bertz CT molecular complexity index is 957. The number of benzene rings is 2. The maximum Gasteiger partial charge on any atom is 0.261 e. The van der Waals surface area contributed by atoms with E-state index in [2.05, 4.69) is 4.98 Å². The van der Waals surface area contributed by atoms with Gasteiger partial charge in [0.25, 0.3) is 11.8 Å². The second-order valence-electron chi connectivity index (χ2n) is 6.18. The Hall–Kier alpha value is -2.99. The third kappa shape index (κ3) is 2.51. The van der Waals surface area contributed by atoms with Crippen LogP contribution in [0.15, 0.2) is 48.5 Å². The summed E-state index contributed by atoms with van der Waals surface area (Å²) in [5, 5.41) is 10.5. The molecule has 0 fully saturated rings. The molecule has 1 aliphatic heterocycles. The highest BCUT2D eigenvalue weighted by Crippen LogP contribution is 2.23. The van der Waals surface area contributed by atoms with Crippen LogP contribution in [0.2, 0.25) is 0 Å². The van der Waals surface area contributed by atoms with E-state index in [0.29, 0.717) is 11.1 Å². The fourth-order valence-corrected chi connectivity index (χ4v) is 3.31. The lowest BCUT2D eigenvalue weighted by Gasteiger charge is -2.19. The van der Waals surface area contributed by atoms with Gasteiger partial charge in [-0.3, -0.25) is 14.5 Å². The van der Waals surface area contributed by atoms with Gasteiger partial charge in [-0.1, -0.05) is 24.3 Å². The normalized spacial score (nSPS) is 15.0. The molecule has 0 spiro atoms. The zero-order valence-corrected chi connectivity index (χ0v) is 13.7. The van der Waals surface area contributed by atoms with Crippen LogP contribution in [0.1, 0.15) is 26.5 Å². The zero-order chi connectivity index (χ0) is 17.6. The Labute approximate surface area is 144 Å². The quantitative estimate of drug-likeness (QED) is 0.740. The molecular weight excluding hydrogens is 318 g/mol. The predicted molar refractivity (Wildman–Crippen MR) is 92.3 cm³/mol. The van der Waals surface area contributed by atoms with Gasteiger partial charge in [0.2, 0.25) is 0 Å². The number of imide groups is 1. The summed E-state index contributed by atoms with van der Waals surface area (Å²) in [5.74, 6) is 0.0707. The van der Waals surface area contributed by atoms with Gasteiger partial charge in [0.05, 0.1) is 41.4 Å². The molecule has 6 heteroatoms. The average molecular weight is 335 g/mol. The van der Waals surface area contributed by atoms with Crippen LogP contribution in [0.25, 0.3) is 11.0 Å². The van der Waals surface area contributed by atoms with Gasteiger partial charge in [-0.25, -0.2) is 4.98 Å². The van der Waals surface area contributed by atoms with Gasteiger partial charge in [-0.15, -0.1) is 0 Å². The number of aliphatic hydroxyl groups excluding tert-OH is 1. The number of para-hydroxylation sites is 2. The molecule has 1 aromatic heterocycles. The van der Waals surface area contributed by atoms with Crippen molar-refractivity contribution in [2.45, 2.75) is 19.6 Å². The number of nitrogens with zero attached hydrogens (tertiary/aromatic N) is 3. The maximum absolute atomic E-state index is 12.4. The summed E-state index contributed by atoms with van der Waals surface area (Å²) >= 11 is 0. The number of carbonyl (C=O) groups is 2. The zero-order valence-electron chi connectivity index (χ0n) is 13.7. The number of aromatic nitrogens is 2. The minimum absolute atomic E-state index is 0.0434. The van der Waals surface area contributed by atoms with Crippen molar-refractivity contribution in [2.75, 3.05) is 6.54 Å². The monoisotopic (exact) mass is 335 g/mol.